The van der Waals surface area contributed by atoms with Crippen molar-refractivity contribution in [1.82, 2.24) is 0 Å². The number of rotatable bonds is 9. The summed E-state index contributed by atoms with van der Waals surface area (Å²) in [5.41, 5.74) is 0. The Morgan fingerprint density at radius 2 is 1.48 bits per heavy atom. The first-order valence-electron chi connectivity index (χ1n) is 8.25. The molecule has 0 amide bonds. The van der Waals surface area contributed by atoms with Gasteiger partial charge in [0, 0.05) is 12.8 Å². The second-order valence-corrected chi connectivity index (χ2v) is 5.82. The lowest BCUT2D eigenvalue weighted by molar-refractivity contribution is -0.141. The monoisotopic (exact) mass is 318 g/mol. The van der Waals surface area contributed by atoms with Gasteiger partial charge in [-0.25, -0.2) is 0 Å². The lowest BCUT2D eigenvalue weighted by atomic mass is 9.86. The highest BCUT2D eigenvalue weighted by molar-refractivity contribution is 5.92. The quantitative estimate of drug-likeness (QED) is 0.369. The van der Waals surface area contributed by atoms with Crippen molar-refractivity contribution >= 4 is 17.5 Å². The molecule has 0 spiro atoms. The van der Waals surface area contributed by atoms with E-state index >= 15 is 0 Å². The van der Waals surface area contributed by atoms with Crippen LogP contribution >= 0.6 is 0 Å². The Balaban J connectivity index is 2.20. The van der Waals surface area contributed by atoms with Gasteiger partial charge in [0.1, 0.15) is 0 Å². The molecular weight excluding hydrogens is 292 g/mol. The number of allylic oxidation sites excluding steroid dienone is 6. The van der Waals surface area contributed by atoms with E-state index in [2.05, 4.69) is 4.74 Å². The first-order chi connectivity index (χ1) is 11.1. The number of carbonyl (C=O) groups excluding carboxylic acids is 3. The van der Waals surface area contributed by atoms with E-state index in [0.29, 0.717) is 12.3 Å². The molecule has 1 fully saturated rings. The SMILES string of the molecule is COC(=O)CCC(=O)/C=C/C=C/C=C/C(=O)CC1CCCCC1. The van der Waals surface area contributed by atoms with Crippen molar-refractivity contribution in [2.75, 3.05) is 7.11 Å². The molecule has 1 rings (SSSR count). The zero-order valence-electron chi connectivity index (χ0n) is 13.8. The summed E-state index contributed by atoms with van der Waals surface area (Å²) in [4.78, 5) is 34.1. The topological polar surface area (TPSA) is 60.4 Å². The maximum Gasteiger partial charge on any atom is 0.305 e. The van der Waals surface area contributed by atoms with Crippen LogP contribution in [0.3, 0.4) is 0 Å². The van der Waals surface area contributed by atoms with Crippen LogP contribution in [0, 0.1) is 5.92 Å². The summed E-state index contributed by atoms with van der Waals surface area (Å²) < 4.78 is 4.46. The second-order valence-electron chi connectivity index (χ2n) is 5.82. The maximum absolute atomic E-state index is 11.8. The molecule has 0 heterocycles. The predicted octanol–water partition coefficient (Wildman–Crippen LogP) is 3.72. The van der Waals surface area contributed by atoms with Crippen LogP contribution < -0.4 is 0 Å². The molecule has 0 atom stereocenters. The van der Waals surface area contributed by atoms with Gasteiger partial charge in [-0.15, -0.1) is 0 Å². The zero-order valence-corrected chi connectivity index (χ0v) is 13.8. The summed E-state index contributed by atoms with van der Waals surface area (Å²) in [6.07, 6.45) is 16.8. The van der Waals surface area contributed by atoms with E-state index in [1.807, 2.05) is 0 Å². The summed E-state index contributed by atoms with van der Waals surface area (Å²) in [6.45, 7) is 0. The van der Waals surface area contributed by atoms with Crippen molar-refractivity contribution in [3.8, 4) is 0 Å². The number of carbonyl (C=O) groups is 3. The third-order valence-corrected chi connectivity index (χ3v) is 3.92. The third kappa shape index (κ3) is 9.61. The van der Waals surface area contributed by atoms with Crippen molar-refractivity contribution in [2.45, 2.75) is 51.4 Å². The second kappa shape index (κ2) is 11.6. The van der Waals surface area contributed by atoms with Crippen LogP contribution in [0.4, 0.5) is 0 Å². The summed E-state index contributed by atoms with van der Waals surface area (Å²) in [7, 11) is 1.30. The average molecular weight is 318 g/mol. The normalized spacial score (nSPS) is 16.4. The fourth-order valence-corrected chi connectivity index (χ4v) is 2.61. The molecule has 0 bridgehead atoms. The van der Waals surface area contributed by atoms with Crippen LogP contribution in [0.1, 0.15) is 51.4 Å². The molecule has 0 aromatic heterocycles. The van der Waals surface area contributed by atoms with Crippen LogP contribution in [0.2, 0.25) is 0 Å². The number of hydrogen-bond donors (Lipinski definition) is 0. The number of ketones is 2. The Labute approximate surface area is 138 Å². The van der Waals surface area contributed by atoms with Crippen molar-refractivity contribution in [3.63, 3.8) is 0 Å². The van der Waals surface area contributed by atoms with Crippen molar-refractivity contribution < 1.29 is 19.1 Å². The predicted molar refractivity (Wildman–Crippen MR) is 89.9 cm³/mol. The molecule has 126 valence electrons. The van der Waals surface area contributed by atoms with E-state index in [4.69, 9.17) is 0 Å². The number of ether oxygens (including phenoxy) is 1. The van der Waals surface area contributed by atoms with Gasteiger partial charge in [-0.3, -0.25) is 14.4 Å². The van der Waals surface area contributed by atoms with Gasteiger partial charge in [-0.1, -0.05) is 56.4 Å². The summed E-state index contributed by atoms with van der Waals surface area (Å²) in [5, 5.41) is 0. The van der Waals surface area contributed by atoms with Crippen LogP contribution in [-0.4, -0.2) is 24.6 Å². The van der Waals surface area contributed by atoms with E-state index in [9.17, 15) is 14.4 Å². The number of methoxy groups -OCH3 is 1. The highest BCUT2D eigenvalue weighted by Crippen LogP contribution is 2.26. The van der Waals surface area contributed by atoms with Gasteiger partial charge in [0.05, 0.1) is 13.5 Å². The van der Waals surface area contributed by atoms with E-state index in [0.717, 1.165) is 0 Å². The van der Waals surface area contributed by atoms with Crippen molar-refractivity contribution in [1.29, 1.82) is 0 Å². The summed E-state index contributed by atoms with van der Waals surface area (Å²) >= 11 is 0. The fourth-order valence-electron chi connectivity index (χ4n) is 2.61. The molecule has 4 heteroatoms. The highest BCUT2D eigenvalue weighted by atomic mass is 16.5. The molecule has 0 saturated heterocycles. The van der Waals surface area contributed by atoms with E-state index in [1.165, 1.54) is 45.3 Å². The maximum atomic E-state index is 11.8. The van der Waals surface area contributed by atoms with E-state index in [-0.39, 0.29) is 30.4 Å². The Morgan fingerprint density at radius 3 is 2.09 bits per heavy atom. The van der Waals surface area contributed by atoms with Gasteiger partial charge in [-0.05, 0) is 18.1 Å². The molecule has 0 radical (unpaired) electrons. The van der Waals surface area contributed by atoms with Crippen LogP contribution in [0.15, 0.2) is 36.5 Å². The molecule has 1 saturated carbocycles. The molecule has 0 unspecified atom stereocenters. The molecule has 1 aliphatic rings. The number of hydrogen-bond acceptors (Lipinski definition) is 4. The van der Waals surface area contributed by atoms with Gasteiger partial charge in [0.15, 0.2) is 11.6 Å². The van der Waals surface area contributed by atoms with Gasteiger partial charge in [-0.2, -0.15) is 0 Å². The van der Waals surface area contributed by atoms with E-state index < -0.39 is 0 Å². The smallest absolute Gasteiger partial charge is 0.305 e. The molecule has 0 aromatic carbocycles. The third-order valence-electron chi connectivity index (χ3n) is 3.92. The highest BCUT2D eigenvalue weighted by Gasteiger charge is 2.15. The van der Waals surface area contributed by atoms with Gasteiger partial charge >= 0.3 is 5.97 Å². The molecule has 0 aromatic rings. The first-order valence-corrected chi connectivity index (χ1v) is 8.25. The molecule has 23 heavy (non-hydrogen) atoms. The van der Waals surface area contributed by atoms with Crippen LogP contribution in [-0.2, 0) is 19.1 Å². The molecule has 4 nitrogen and oxygen atoms in total. The molecule has 0 N–H and O–H groups in total. The Kier molecular flexibility index (Phi) is 9.60. The summed E-state index contributed by atoms with van der Waals surface area (Å²) in [6, 6.07) is 0. The van der Waals surface area contributed by atoms with Gasteiger partial charge < -0.3 is 4.74 Å². The van der Waals surface area contributed by atoms with E-state index in [1.54, 1.807) is 30.4 Å². The molecule has 1 aliphatic carbocycles. The minimum absolute atomic E-state index is 0.0962. The average Bonchev–Trinajstić information content (AvgIpc) is 2.56. The van der Waals surface area contributed by atoms with Crippen molar-refractivity contribution in [2.24, 2.45) is 5.92 Å². The largest absolute Gasteiger partial charge is 0.469 e. The van der Waals surface area contributed by atoms with Gasteiger partial charge in [0.25, 0.3) is 0 Å². The molecule has 0 aliphatic heterocycles. The van der Waals surface area contributed by atoms with Gasteiger partial charge in [0.2, 0.25) is 0 Å². The fraction of sp³-hybridized carbons (Fsp3) is 0.526. The lowest BCUT2D eigenvalue weighted by Crippen LogP contribution is -2.10. The first kappa shape index (κ1) is 19.1. The number of esters is 1. The van der Waals surface area contributed by atoms with Crippen LogP contribution in [0.25, 0.3) is 0 Å². The Bertz CT molecular complexity index is 480. The lowest BCUT2D eigenvalue weighted by Gasteiger charge is -2.19. The standard InChI is InChI=1S/C19H26O4/c1-23-19(22)14-13-17(20)11-7-2-3-8-12-18(21)15-16-9-5-4-6-10-16/h2-3,7-8,11-12,16H,4-6,9-10,13-15H2,1H3/b3-2+,11-7+,12-8+. The summed E-state index contributed by atoms with van der Waals surface area (Å²) in [5.74, 6) is 0.205. The zero-order chi connectivity index (χ0) is 16.9. The minimum atomic E-state index is -0.387. The molecular formula is C19H26O4. The minimum Gasteiger partial charge on any atom is -0.469 e. The Hall–Kier alpha value is -1.97. The van der Waals surface area contributed by atoms with Crippen LogP contribution in [0.5, 0.6) is 0 Å². The van der Waals surface area contributed by atoms with Crippen molar-refractivity contribution in [3.05, 3.63) is 36.5 Å². The Morgan fingerprint density at radius 1 is 0.870 bits per heavy atom.